The van der Waals surface area contributed by atoms with Gasteiger partial charge in [-0.3, -0.25) is 0 Å². The summed E-state index contributed by atoms with van der Waals surface area (Å²) < 4.78 is 66.7. The zero-order chi connectivity index (χ0) is 78.8. The van der Waals surface area contributed by atoms with Crippen molar-refractivity contribution >= 4 is 23.2 Å². The van der Waals surface area contributed by atoms with Gasteiger partial charge < -0.3 is 33.2 Å². The van der Waals surface area contributed by atoms with Crippen LogP contribution in [-0.2, 0) is 51.4 Å². The molecule has 0 saturated heterocycles. The van der Waals surface area contributed by atoms with E-state index in [1.807, 2.05) is 62.4 Å². The van der Waals surface area contributed by atoms with Crippen LogP contribution in [0.2, 0.25) is 10.0 Å². The van der Waals surface area contributed by atoms with Crippen molar-refractivity contribution in [2.75, 3.05) is 19.8 Å². The van der Waals surface area contributed by atoms with Crippen LogP contribution in [0.5, 0.6) is 40.2 Å². The first kappa shape index (κ1) is 96.7. The molecule has 0 amide bonds. The van der Waals surface area contributed by atoms with E-state index in [2.05, 4.69) is 171 Å². The summed E-state index contributed by atoms with van der Waals surface area (Å²) in [4.78, 5) is 0. The molecule has 0 fully saturated rings. The van der Waals surface area contributed by atoms with Crippen LogP contribution >= 0.6 is 23.2 Å². The highest BCUT2D eigenvalue weighted by Gasteiger charge is 2.21. The number of halogens is 4. The van der Waals surface area contributed by atoms with Crippen LogP contribution < -0.4 is 33.2 Å². The molecule has 1 aliphatic rings. The van der Waals surface area contributed by atoms with E-state index in [0.717, 1.165) is 173 Å². The van der Waals surface area contributed by atoms with Crippen molar-refractivity contribution in [1.82, 2.24) is 0 Å². The number of benzene rings is 7. The summed E-state index contributed by atoms with van der Waals surface area (Å²) in [5.74, 6) is 6.23. The van der Waals surface area contributed by atoms with E-state index in [-0.39, 0.29) is 23.8 Å². The second-order valence-corrected chi connectivity index (χ2v) is 29.0. The summed E-state index contributed by atoms with van der Waals surface area (Å²) in [7, 11) is 0. The summed E-state index contributed by atoms with van der Waals surface area (Å²) in [6.07, 6.45) is 35.0. The van der Waals surface area contributed by atoms with Gasteiger partial charge in [0.2, 0.25) is 0 Å². The minimum Gasteiger partial charge on any atom is -0.493 e. The first-order valence-corrected chi connectivity index (χ1v) is 42.6. The summed E-state index contributed by atoms with van der Waals surface area (Å²) in [6, 6.07) is 44.9. The molecule has 7 aromatic carbocycles. The van der Waals surface area contributed by atoms with Gasteiger partial charge >= 0.3 is 0 Å². The monoisotopic (exact) mass is 1520 g/mol. The average Bonchev–Trinajstić information content (AvgIpc) is 0.818. The van der Waals surface area contributed by atoms with Crippen molar-refractivity contribution in [3.63, 3.8) is 0 Å². The Hall–Kier alpha value is -6.42. The third kappa shape index (κ3) is 41.8. The summed E-state index contributed by atoms with van der Waals surface area (Å²) in [5.41, 5.74) is 10.3. The van der Waals surface area contributed by atoms with Crippen molar-refractivity contribution in [3.8, 4) is 40.2 Å². The minimum atomic E-state index is -0.224. The SMILES string of the molecule is CCCCc1ccc(Cl)cc1OC(C)CC.CCCCc1ccc(Cl)cc1OCCC.CCCCc1ccc(F)cc1OC(C)CC.CCCCc1ccc(F)cc1OCCC.CCCCc1cccc2c1OC(CC)CC2.CCCCc1ccccc1OC(C)CC.CCCCc1ccccc1OCCC. The molecule has 7 nitrogen and oxygen atoms in total. The van der Waals surface area contributed by atoms with Gasteiger partial charge in [0.1, 0.15) is 51.9 Å². The summed E-state index contributed by atoms with van der Waals surface area (Å²) in [5, 5.41) is 1.50. The first-order valence-electron chi connectivity index (χ1n) is 41.8. The third-order valence-corrected chi connectivity index (χ3v) is 18.9. The molecule has 7 aromatic rings. The Morgan fingerprint density at radius 2 is 0.664 bits per heavy atom. The molecule has 11 heteroatoms. The molecule has 0 N–H and O–H groups in total. The van der Waals surface area contributed by atoms with Gasteiger partial charge in [-0.1, -0.05) is 244 Å². The van der Waals surface area contributed by atoms with Gasteiger partial charge in [0.25, 0.3) is 0 Å². The van der Waals surface area contributed by atoms with Crippen molar-refractivity contribution in [2.45, 2.75) is 335 Å². The number of hydrogen-bond acceptors (Lipinski definition) is 7. The highest BCUT2D eigenvalue weighted by molar-refractivity contribution is 6.31. The molecule has 1 aliphatic heterocycles. The molecule has 1 heterocycles. The Morgan fingerprint density at radius 1 is 0.346 bits per heavy atom. The Morgan fingerprint density at radius 3 is 1.07 bits per heavy atom. The van der Waals surface area contributed by atoms with Crippen molar-refractivity contribution < 1.29 is 41.9 Å². The molecule has 4 unspecified atom stereocenters. The predicted octanol–water partition coefficient (Wildman–Crippen LogP) is 29.8. The fourth-order valence-corrected chi connectivity index (χ4v) is 11.5. The number of rotatable bonds is 40. The molecule has 598 valence electrons. The van der Waals surface area contributed by atoms with E-state index in [4.69, 9.17) is 56.4 Å². The summed E-state index contributed by atoms with van der Waals surface area (Å²) in [6.45, 7) is 38.7. The van der Waals surface area contributed by atoms with E-state index >= 15 is 0 Å². The zero-order valence-electron chi connectivity index (χ0n) is 69.8. The largest absolute Gasteiger partial charge is 0.493 e. The molecular formula is C96H144Cl2F2O7. The Kier molecular flexibility index (Phi) is 55.4. The maximum atomic E-state index is 13.1. The number of fused-ring (bicyclic) bond motifs is 1. The minimum absolute atomic E-state index is 0.141. The van der Waals surface area contributed by atoms with Gasteiger partial charge in [-0.15, -0.1) is 0 Å². The van der Waals surface area contributed by atoms with E-state index in [9.17, 15) is 8.78 Å². The van der Waals surface area contributed by atoms with E-state index in [1.165, 1.54) is 140 Å². The van der Waals surface area contributed by atoms with Crippen LogP contribution in [0.1, 0.15) is 303 Å². The predicted molar refractivity (Wildman–Crippen MR) is 457 cm³/mol. The lowest BCUT2D eigenvalue weighted by Crippen LogP contribution is -2.22. The van der Waals surface area contributed by atoms with Crippen LogP contribution in [0.25, 0.3) is 0 Å². The standard InChI is InChI=1S/C15H22O.C14H21ClO.C14H21FO.C14H22O.C13H19ClO.C13H19FO.C13H20O/c1-3-5-7-12-8-6-9-13-10-11-14(4-2)16-15(12)13;2*1-4-6-7-12-8-9-13(15)10-14(12)16-11(3)5-2;1-4-6-9-13-10-7-8-11-14(13)15-12(3)5-2;2*1-3-5-6-11-7-8-12(14)10-13(11)15-9-4-2;1-3-5-8-12-9-6-7-10-13(12)14-11-4-2/h6,8-9,14H,3-5,7,10-11H2,1-2H3;2*8-11H,4-7H2,1-3H3;7-8,10-12H,4-6,9H2,1-3H3;2*7-8,10H,3-6,9H2,1-2H3;6-7,9-10H,3-5,8,11H2,1-2H3. The highest BCUT2D eigenvalue weighted by Crippen LogP contribution is 2.34. The Labute approximate surface area is 661 Å². The molecule has 4 atom stereocenters. The number of aryl methyl sites for hydroxylation is 8. The smallest absolute Gasteiger partial charge is 0.126 e. The normalized spacial score (nSPS) is 12.6. The molecule has 0 bridgehead atoms. The van der Waals surface area contributed by atoms with Crippen molar-refractivity contribution in [3.05, 3.63) is 206 Å². The van der Waals surface area contributed by atoms with E-state index < -0.39 is 0 Å². The lowest BCUT2D eigenvalue weighted by atomic mass is 9.96. The number of para-hydroxylation sites is 3. The molecular weight excluding hydrogens is 1370 g/mol. The second kappa shape index (κ2) is 61.4. The highest BCUT2D eigenvalue weighted by atomic mass is 35.5. The maximum absolute atomic E-state index is 13.1. The van der Waals surface area contributed by atoms with E-state index in [0.29, 0.717) is 30.3 Å². The van der Waals surface area contributed by atoms with Gasteiger partial charge in [0.15, 0.2) is 0 Å². The zero-order valence-corrected chi connectivity index (χ0v) is 71.3. The molecule has 0 radical (unpaired) electrons. The average molecular weight is 1520 g/mol. The Balaban J connectivity index is 0.000000424. The van der Waals surface area contributed by atoms with Crippen LogP contribution in [-0.4, -0.2) is 44.2 Å². The van der Waals surface area contributed by atoms with Crippen molar-refractivity contribution in [1.29, 1.82) is 0 Å². The fraction of sp³-hybridized carbons (Fsp3) is 0.562. The molecule has 107 heavy (non-hydrogen) atoms. The Bertz CT molecular complexity index is 3200. The molecule has 0 aromatic heterocycles. The molecule has 0 spiro atoms. The molecule has 0 saturated carbocycles. The van der Waals surface area contributed by atoms with Gasteiger partial charge in [-0.25, -0.2) is 8.78 Å². The topological polar surface area (TPSA) is 64.6 Å². The number of hydrogen-bond donors (Lipinski definition) is 0. The third-order valence-electron chi connectivity index (χ3n) is 18.4. The quantitative estimate of drug-likeness (QED) is 0.0379. The van der Waals surface area contributed by atoms with Gasteiger partial charge in [0.05, 0.1) is 44.2 Å². The van der Waals surface area contributed by atoms with E-state index in [1.54, 1.807) is 0 Å². The van der Waals surface area contributed by atoms with Crippen LogP contribution in [0.4, 0.5) is 8.78 Å². The molecule has 8 rings (SSSR count). The van der Waals surface area contributed by atoms with Gasteiger partial charge in [-0.2, -0.15) is 0 Å². The van der Waals surface area contributed by atoms with Gasteiger partial charge in [-0.05, 0) is 261 Å². The number of unbranched alkanes of at least 4 members (excludes halogenated alkanes) is 7. The second-order valence-electron chi connectivity index (χ2n) is 28.1. The molecule has 0 aliphatic carbocycles. The van der Waals surface area contributed by atoms with Crippen LogP contribution in [0, 0.1) is 11.6 Å². The lowest BCUT2D eigenvalue weighted by molar-refractivity contribution is 0.167. The summed E-state index contributed by atoms with van der Waals surface area (Å²) >= 11 is 11.9. The first-order chi connectivity index (χ1) is 51.9. The van der Waals surface area contributed by atoms with Crippen LogP contribution in [0.15, 0.2) is 140 Å². The number of ether oxygens (including phenoxy) is 7. The van der Waals surface area contributed by atoms with Crippen LogP contribution in [0.3, 0.4) is 0 Å². The fourth-order valence-electron chi connectivity index (χ4n) is 11.2. The lowest BCUT2D eigenvalue weighted by Gasteiger charge is -2.27. The maximum Gasteiger partial charge on any atom is 0.126 e. The van der Waals surface area contributed by atoms with Gasteiger partial charge in [0, 0.05) is 22.2 Å². The van der Waals surface area contributed by atoms with Crippen molar-refractivity contribution in [2.24, 2.45) is 0 Å².